The number of allylic oxidation sites excluding steroid dienone is 1. The van der Waals surface area contributed by atoms with Crippen LogP contribution in [0.1, 0.15) is 57.2 Å². The molecule has 0 aliphatic heterocycles. The van der Waals surface area contributed by atoms with Crippen molar-refractivity contribution in [3.05, 3.63) is 39.9 Å². The van der Waals surface area contributed by atoms with Crippen molar-refractivity contribution in [1.82, 2.24) is 0 Å². The first-order chi connectivity index (χ1) is 11.9. The van der Waals surface area contributed by atoms with E-state index in [1.807, 2.05) is 0 Å². The molecule has 0 spiro atoms. The van der Waals surface area contributed by atoms with Gasteiger partial charge < -0.3 is 9.47 Å². The van der Waals surface area contributed by atoms with Crippen LogP contribution >= 0.6 is 15.9 Å². The third-order valence-electron chi connectivity index (χ3n) is 3.63. The fourth-order valence-corrected chi connectivity index (χ4v) is 2.78. The van der Waals surface area contributed by atoms with Crippen molar-refractivity contribution in [3.8, 4) is 5.75 Å². The minimum Gasteiger partial charge on any atom is -0.497 e. The lowest BCUT2D eigenvalue weighted by Crippen LogP contribution is -2.09. The summed E-state index contributed by atoms with van der Waals surface area (Å²) in [4.78, 5) is 24.5. The fourth-order valence-electron chi connectivity index (χ4n) is 2.18. The van der Waals surface area contributed by atoms with E-state index in [0.717, 1.165) is 19.3 Å². The summed E-state index contributed by atoms with van der Waals surface area (Å²) in [5.74, 6) is -0.187. The molecule has 0 aromatic heterocycles. The lowest BCUT2D eigenvalue weighted by atomic mass is 10.0. The number of unbranched alkanes of at least 4 members (excludes halogenated alkanes) is 2. The minimum atomic E-state index is -1.07. The van der Waals surface area contributed by atoms with Crippen molar-refractivity contribution in [2.75, 3.05) is 14.2 Å². The van der Waals surface area contributed by atoms with Crippen molar-refractivity contribution in [2.45, 2.75) is 45.4 Å². The smallest absolute Gasteiger partial charge is 0.334 e. The first-order valence-corrected chi connectivity index (χ1v) is 8.80. The second-order valence-corrected chi connectivity index (χ2v) is 6.29. The van der Waals surface area contributed by atoms with Crippen LogP contribution in [0.2, 0.25) is 0 Å². The summed E-state index contributed by atoms with van der Waals surface area (Å²) in [5, 5.41) is 0. The maximum absolute atomic E-state index is 12.5. The van der Waals surface area contributed by atoms with Gasteiger partial charge in [0.05, 0.1) is 14.2 Å². The Labute approximate surface area is 153 Å². The van der Waals surface area contributed by atoms with E-state index in [2.05, 4.69) is 22.9 Å². The van der Waals surface area contributed by atoms with Gasteiger partial charge in [-0.3, -0.25) is 4.79 Å². The second kappa shape index (κ2) is 11.0. The largest absolute Gasteiger partial charge is 0.497 e. The molecule has 1 atom stereocenters. The van der Waals surface area contributed by atoms with Gasteiger partial charge in [0.25, 0.3) is 0 Å². The van der Waals surface area contributed by atoms with Crippen molar-refractivity contribution < 1.29 is 20.4 Å². The monoisotopic (exact) mass is 397 g/mol. The Balaban J connectivity index is 2.88. The maximum atomic E-state index is 12.5. The van der Waals surface area contributed by atoms with Crippen molar-refractivity contribution in [3.63, 3.8) is 0 Å². The fraction of sp³-hybridized carbons (Fsp3) is 0.474. The Hall–Kier alpha value is -1.62. The highest BCUT2D eigenvalue weighted by molar-refractivity contribution is 9.11. The topological polar surface area (TPSA) is 52.6 Å². The van der Waals surface area contributed by atoms with Gasteiger partial charge in [0.1, 0.15) is 5.75 Å². The summed E-state index contributed by atoms with van der Waals surface area (Å²) < 4.78 is 18.8. The van der Waals surface area contributed by atoms with Gasteiger partial charge in [-0.2, -0.15) is 0 Å². The van der Waals surface area contributed by atoms with Gasteiger partial charge in [-0.15, -0.1) is 0 Å². The Morgan fingerprint density at radius 2 is 1.79 bits per heavy atom. The normalized spacial score (nSPS) is 13.6. The number of ketones is 1. The summed E-state index contributed by atoms with van der Waals surface area (Å²) in [7, 11) is 2.85. The highest BCUT2D eigenvalue weighted by atomic mass is 79.9. The molecule has 0 saturated heterocycles. The average Bonchev–Trinajstić information content (AvgIpc) is 2.64. The van der Waals surface area contributed by atoms with Gasteiger partial charge in [-0.1, -0.05) is 35.7 Å². The molecule has 0 saturated carbocycles. The molecular formula is C19H25BrO4. The maximum Gasteiger partial charge on any atom is 0.334 e. The SMILES string of the molecule is [2H]C(C/C(C(=O)OC)=C(/Br)CCCCC)C(=O)c1ccc(OC)cc1. The van der Waals surface area contributed by atoms with Crippen LogP contribution in [0.25, 0.3) is 0 Å². The molecule has 132 valence electrons. The predicted molar refractivity (Wildman–Crippen MR) is 98.7 cm³/mol. The van der Waals surface area contributed by atoms with Crippen LogP contribution in [0.5, 0.6) is 5.75 Å². The zero-order chi connectivity index (χ0) is 18.8. The average molecular weight is 398 g/mol. The number of esters is 1. The highest BCUT2D eigenvalue weighted by Crippen LogP contribution is 2.25. The number of halogens is 1. The Morgan fingerprint density at radius 3 is 2.33 bits per heavy atom. The summed E-state index contributed by atoms with van der Waals surface area (Å²) in [6.07, 6.45) is 2.71. The van der Waals surface area contributed by atoms with Crippen LogP contribution < -0.4 is 4.74 Å². The lowest BCUT2D eigenvalue weighted by Gasteiger charge is -2.09. The molecule has 1 unspecified atom stereocenters. The molecule has 0 bridgehead atoms. The molecule has 24 heavy (non-hydrogen) atoms. The number of ether oxygens (including phenoxy) is 2. The number of carbonyl (C=O) groups is 2. The number of rotatable bonds is 10. The van der Waals surface area contributed by atoms with Crippen LogP contribution in [0.15, 0.2) is 34.3 Å². The van der Waals surface area contributed by atoms with Gasteiger partial charge >= 0.3 is 5.97 Å². The molecule has 0 N–H and O–H groups in total. The van der Waals surface area contributed by atoms with Crippen LogP contribution in [0.3, 0.4) is 0 Å². The lowest BCUT2D eigenvalue weighted by molar-refractivity contribution is -0.136. The van der Waals surface area contributed by atoms with Crippen LogP contribution in [0, 0.1) is 0 Å². The standard InChI is InChI=1S/C19H25BrO4/c1-4-5-6-7-17(20)16(19(22)24-3)12-13-18(21)14-8-10-15(23-2)11-9-14/h8-11H,4-7,12-13H2,1-3H3/b17-16-/i13D. The highest BCUT2D eigenvalue weighted by Gasteiger charge is 2.17. The van der Waals surface area contributed by atoms with Crippen LogP contribution in [-0.2, 0) is 9.53 Å². The Kier molecular flexibility index (Phi) is 8.60. The molecule has 0 heterocycles. The number of methoxy groups -OCH3 is 2. The van der Waals surface area contributed by atoms with E-state index >= 15 is 0 Å². The number of benzene rings is 1. The zero-order valence-electron chi connectivity index (χ0n) is 15.4. The van der Waals surface area contributed by atoms with Gasteiger partial charge in [-0.25, -0.2) is 4.79 Å². The quantitative estimate of drug-likeness (QED) is 0.239. The zero-order valence-corrected chi connectivity index (χ0v) is 16.0. The van der Waals surface area contributed by atoms with Crippen molar-refractivity contribution in [1.29, 1.82) is 0 Å². The van der Waals surface area contributed by atoms with E-state index in [9.17, 15) is 9.59 Å². The third-order valence-corrected chi connectivity index (χ3v) is 4.50. The second-order valence-electron chi connectivity index (χ2n) is 5.33. The van der Waals surface area contributed by atoms with E-state index in [1.54, 1.807) is 31.4 Å². The van der Waals surface area contributed by atoms with E-state index < -0.39 is 12.4 Å². The first kappa shape index (κ1) is 18.7. The molecule has 4 nitrogen and oxygen atoms in total. The molecule has 0 fully saturated rings. The van der Waals surface area contributed by atoms with Gasteiger partial charge in [0, 0.05) is 23.4 Å². The number of hydrogen-bond acceptors (Lipinski definition) is 4. The molecule has 0 amide bonds. The van der Waals surface area contributed by atoms with Crippen molar-refractivity contribution in [2.24, 2.45) is 0 Å². The number of Topliss-reactive ketones (excluding diaryl/α,β-unsaturated/α-hetero) is 1. The summed E-state index contributed by atoms with van der Waals surface area (Å²) in [6.45, 7) is 2.10. The molecule has 1 rings (SSSR count). The summed E-state index contributed by atoms with van der Waals surface area (Å²) in [6, 6.07) is 6.61. The Bertz CT molecular complexity index is 610. The van der Waals surface area contributed by atoms with Crippen LogP contribution in [0.4, 0.5) is 0 Å². The molecular weight excluding hydrogens is 372 g/mol. The molecule has 0 aliphatic rings. The summed E-state index contributed by atoms with van der Waals surface area (Å²) >= 11 is 3.44. The van der Waals surface area contributed by atoms with E-state index in [-0.39, 0.29) is 12.2 Å². The first-order valence-electron chi connectivity index (χ1n) is 8.58. The van der Waals surface area contributed by atoms with Gasteiger partial charge in [0.15, 0.2) is 5.78 Å². The molecule has 0 radical (unpaired) electrons. The van der Waals surface area contributed by atoms with Gasteiger partial charge in [0.2, 0.25) is 0 Å². The van der Waals surface area contributed by atoms with E-state index in [0.29, 0.717) is 27.8 Å². The van der Waals surface area contributed by atoms with E-state index in [1.165, 1.54) is 7.11 Å². The molecule has 5 heteroatoms. The van der Waals surface area contributed by atoms with Crippen molar-refractivity contribution >= 4 is 27.7 Å². The summed E-state index contributed by atoms with van der Waals surface area (Å²) in [5.41, 5.74) is 0.785. The van der Waals surface area contributed by atoms with E-state index in [4.69, 9.17) is 10.8 Å². The predicted octanol–water partition coefficient (Wildman–Crippen LogP) is 5.06. The third kappa shape index (κ3) is 6.48. The number of carbonyl (C=O) groups excluding carboxylic acids is 2. The molecule has 1 aromatic rings. The molecule has 1 aromatic carbocycles. The minimum absolute atomic E-state index is 0.0181. The molecule has 0 aliphatic carbocycles. The number of hydrogen-bond donors (Lipinski definition) is 0. The van der Waals surface area contributed by atoms with Crippen LogP contribution in [-0.4, -0.2) is 26.0 Å². The van der Waals surface area contributed by atoms with Gasteiger partial charge in [-0.05, 0) is 43.5 Å². The Morgan fingerprint density at radius 1 is 1.12 bits per heavy atom.